The predicted octanol–water partition coefficient (Wildman–Crippen LogP) is 2.25. The van der Waals surface area contributed by atoms with Gasteiger partial charge in [-0.3, -0.25) is 4.79 Å². The first-order valence-corrected chi connectivity index (χ1v) is 4.52. The summed E-state index contributed by atoms with van der Waals surface area (Å²) in [5, 5.41) is 8.24. The third-order valence-corrected chi connectivity index (χ3v) is 2.50. The van der Waals surface area contributed by atoms with E-state index in [1.165, 1.54) is 11.8 Å². The Bertz CT molecular complexity index is 258. The fourth-order valence-corrected chi connectivity index (χ4v) is 1.58. The quantitative estimate of drug-likeness (QED) is 0.728. The molecule has 2 nitrogen and oxygen atoms in total. The summed E-state index contributed by atoms with van der Waals surface area (Å²) in [5.41, 5.74) is 0. The van der Waals surface area contributed by atoms with Crippen molar-refractivity contribution >= 4 is 17.7 Å². The maximum absolute atomic E-state index is 10.5. The Morgan fingerprint density at radius 3 is 2.50 bits per heavy atom. The van der Waals surface area contributed by atoms with Crippen molar-refractivity contribution in [3.63, 3.8) is 0 Å². The van der Waals surface area contributed by atoms with E-state index in [1.807, 2.05) is 30.3 Å². The largest absolute Gasteiger partial charge is 0.480 e. The molecular weight excluding hydrogens is 172 g/mol. The minimum Gasteiger partial charge on any atom is -0.480 e. The first-order chi connectivity index (χ1) is 5.70. The van der Waals surface area contributed by atoms with Gasteiger partial charge in [0.2, 0.25) is 0 Å². The first kappa shape index (κ1) is 9.13. The summed E-state index contributed by atoms with van der Waals surface area (Å²) in [6.07, 6.45) is 0. The molecule has 0 fully saturated rings. The van der Waals surface area contributed by atoms with Gasteiger partial charge in [-0.2, -0.15) is 0 Å². The molecule has 0 saturated heterocycles. The van der Waals surface area contributed by atoms with Crippen LogP contribution >= 0.6 is 11.8 Å². The third-order valence-electron chi connectivity index (χ3n) is 1.40. The molecule has 0 aliphatic rings. The molecule has 0 spiro atoms. The molecule has 0 bridgehead atoms. The Morgan fingerprint density at radius 1 is 1.42 bits per heavy atom. The van der Waals surface area contributed by atoms with Gasteiger partial charge in [0.05, 0.1) is 0 Å². The summed E-state index contributed by atoms with van der Waals surface area (Å²) < 4.78 is 0. The number of carbonyl (C=O) groups is 1. The summed E-state index contributed by atoms with van der Waals surface area (Å²) in [7, 11) is 0. The lowest BCUT2D eigenvalue weighted by atomic mass is 10.4. The SMILES string of the molecule is CC(Sc1ccccc1)C(=O)O. The molecule has 1 atom stereocenters. The average Bonchev–Trinajstić information content (AvgIpc) is 2.06. The molecule has 1 aromatic rings. The second-order valence-corrected chi connectivity index (χ2v) is 3.83. The van der Waals surface area contributed by atoms with Crippen molar-refractivity contribution in [2.75, 3.05) is 0 Å². The number of benzene rings is 1. The highest BCUT2D eigenvalue weighted by Crippen LogP contribution is 2.22. The van der Waals surface area contributed by atoms with E-state index in [9.17, 15) is 4.79 Å². The van der Waals surface area contributed by atoms with E-state index >= 15 is 0 Å². The van der Waals surface area contributed by atoms with Gasteiger partial charge in [-0.05, 0) is 19.1 Å². The average molecular weight is 182 g/mol. The van der Waals surface area contributed by atoms with E-state index in [2.05, 4.69) is 0 Å². The van der Waals surface area contributed by atoms with Gasteiger partial charge in [0.1, 0.15) is 5.25 Å². The fraction of sp³-hybridized carbons (Fsp3) is 0.222. The van der Waals surface area contributed by atoms with Crippen LogP contribution in [0.1, 0.15) is 6.92 Å². The number of thioether (sulfide) groups is 1. The summed E-state index contributed by atoms with van der Waals surface area (Å²) in [4.78, 5) is 11.5. The predicted molar refractivity (Wildman–Crippen MR) is 49.4 cm³/mol. The Balaban J connectivity index is 2.58. The smallest absolute Gasteiger partial charge is 0.316 e. The summed E-state index contributed by atoms with van der Waals surface area (Å²) in [6, 6.07) is 9.53. The number of aliphatic carboxylic acids is 1. The molecule has 0 aromatic heterocycles. The highest BCUT2D eigenvalue weighted by Gasteiger charge is 2.11. The fourth-order valence-electron chi connectivity index (χ4n) is 0.754. The molecule has 0 aliphatic heterocycles. The summed E-state index contributed by atoms with van der Waals surface area (Å²) in [5.74, 6) is -0.774. The zero-order valence-corrected chi connectivity index (χ0v) is 7.54. The van der Waals surface area contributed by atoms with Crippen molar-refractivity contribution < 1.29 is 9.90 Å². The molecule has 0 heterocycles. The van der Waals surface area contributed by atoms with Crippen LogP contribution in [0.4, 0.5) is 0 Å². The van der Waals surface area contributed by atoms with Crippen molar-refractivity contribution in [3.8, 4) is 0 Å². The van der Waals surface area contributed by atoms with Gasteiger partial charge in [-0.1, -0.05) is 18.2 Å². The van der Waals surface area contributed by atoms with E-state index in [1.54, 1.807) is 6.92 Å². The van der Waals surface area contributed by atoms with Crippen molar-refractivity contribution in [2.24, 2.45) is 0 Å². The lowest BCUT2D eigenvalue weighted by Crippen LogP contribution is -2.10. The molecule has 1 N–H and O–H groups in total. The third kappa shape index (κ3) is 2.58. The molecule has 1 unspecified atom stereocenters. The van der Waals surface area contributed by atoms with Gasteiger partial charge in [-0.25, -0.2) is 0 Å². The van der Waals surface area contributed by atoms with Gasteiger partial charge >= 0.3 is 5.97 Å². The van der Waals surface area contributed by atoms with E-state index < -0.39 is 5.97 Å². The van der Waals surface area contributed by atoms with E-state index in [0.29, 0.717) is 0 Å². The molecule has 0 saturated carbocycles. The molecule has 1 aromatic carbocycles. The second kappa shape index (κ2) is 4.16. The monoisotopic (exact) mass is 182 g/mol. The highest BCUT2D eigenvalue weighted by molar-refractivity contribution is 8.00. The van der Waals surface area contributed by atoms with Crippen LogP contribution in [0.5, 0.6) is 0 Å². The van der Waals surface area contributed by atoms with Crippen LogP contribution in [0, 0.1) is 0 Å². The zero-order valence-electron chi connectivity index (χ0n) is 6.73. The highest BCUT2D eigenvalue weighted by atomic mass is 32.2. The summed E-state index contributed by atoms with van der Waals surface area (Å²) in [6.45, 7) is 1.68. The Morgan fingerprint density at radius 2 is 2.00 bits per heavy atom. The Labute approximate surface area is 75.6 Å². The standard InChI is InChI=1S/C9H10O2S/c1-7(9(10)11)12-8-5-3-2-4-6-8/h2-7H,1H3,(H,10,11). The van der Waals surface area contributed by atoms with Crippen molar-refractivity contribution in [1.29, 1.82) is 0 Å². The van der Waals surface area contributed by atoms with Gasteiger partial charge in [0, 0.05) is 4.90 Å². The number of carboxylic acid groups (broad SMARTS) is 1. The molecule has 12 heavy (non-hydrogen) atoms. The number of carboxylic acids is 1. The van der Waals surface area contributed by atoms with E-state index in [-0.39, 0.29) is 5.25 Å². The van der Waals surface area contributed by atoms with Crippen molar-refractivity contribution in [1.82, 2.24) is 0 Å². The zero-order chi connectivity index (χ0) is 8.97. The van der Waals surface area contributed by atoms with Gasteiger partial charge < -0.3 is 5.11 Å². The number of hydrogen-bond acceptors (Lipinski definition) is 2. The van der Waals surface area contributed by atoms with Crippen LogP contribution < -0.4 is 0 Å². The lowest BCUT2D eigenvalue weighted by molar-refractivity contribution is -0.136. The van der Waals surface area contributed by atoms with Crippen LogP contribution in [0.3, 0.4) is 0 Å². The molecule has 64 valence electrons. The summed E-state index contributed by atoms with van der Waals surface area (Å²) >= 11 is 1.35. The van der Waals surface area contributed by atoms with Crippen LogP contribution in [-0.2, 0) is 4.79 Å². The molecule has 0 amide bonds. The number of hydrogen-bond donors (Lipinski definition) is 1. The van der Waals surface area contributed by atoms with Crippen LogP contribution in [-0.4, -0.2) is 16.3 Å². The first-order valence-electron chi connectivity index (χ1n) is 3.64. The van der Waals surface area contributed by atoms with E-state index in [0.717, 1.165) is 4.90 Å². The Kier molecular flexibility index (Phi) is 3.17. The minimum absolute atomic E-state index is 0.382. The molecule has 3 heteroatoms. The van der Waals surface area contributed by atoms with Gasteiger partial charge in [0.25, 0.3) is 0 Å². The van der Waals surface area contributed by atoms with Crippen LogP contribution in [0.15, 0.2) is 35.2 Å². The molecular formula is C9H10O2S. The maximum Gasteiger partial charge on any atom is 0.316 e. The van der Waals surface area contributed by atoms with Crippen molar-refractivity contribution in [2.45, 2.75) is 17.1 Å². The molecule has 1 rings (SSSR count). The lowest BCUT2D eigenvalue weighted by Gasteiger charge is -2.04. The van der Waals surface area contributed by atoms with Crippen molar-refractivity contribution in [3.05, 3.63) is 30.3 Å². The topological polar surface area (TPSA) is 37.3 Å². The van der Waals surface area contributed by atoms with E-state index in [4.69, 9.17) is 5.11 Å². The van der Waals surface area contributed by atoms with Gasteiger partial charge in [0.15, 0.2) is 0 Å². The maximum atomic E-state index is 10.5. The molecule has 0 radical (unpaired) electrons. The van der Waals surface area contributed by atoms with Crippen LogP contribution in [0.25, 0.3) is 0 Å². The normalized spacial score (nSPS) is 12.4. The Hall–Kier alpha value is -0.960. The minimum atomic E-state index is -0.774. The second-order valence-electron chi connectivity index (χ2n) is 2.41. The molecule has 0 aliphatic carbocycles. The number of rotatable bonds is 3. The van der Waals surface area contributed by atoms with Gasteiger partial charge in [-0.15, -0.1) is 11.8 Å². The van der Waals surface area contributed by atoms with Crippen LogP contribution in [0.2, 0.25) is 0 Å².